The van der Waals surface area contributed by atoms with E-state index in [1.165, 1.54) is 26.4 Å². The second-order valence-corrected chi connectivity index (χ2v) is 8.12. The highest BCUT2D eigenvalue weighted by molar-refractivity contribution is 5.84. The summed E-state index contributed by atoms with van der Waals surface area (Å²) in [6, 6.07) is 0.144. The molecule has 0 spiro atoms. The Bertz CT molecular complexity index is 422. The molecule has 0 saturated heterocycles. The van der Waals surface area contributed by atoms with E-state index in [9.17, 15) is 9.59 Å². The van der Waals surface area contributed by atoms with Gasteiger partial charge in [0.05, 0.1) is 18.9 Å². The Labute approximate surface area is 133 Å². The molecule has 124 valence electrons. The summed E-state index contributed by atoms with van der Waals surface area (Å²) in [5.41, 5.74) is -0.116. The highest BCUT2D eigenvalue weighted by Crippen LogP contribution is 2.60. The van der Waals surface area contributed by atoms with Gasteiger partial charge in [-0.25, -0.2) is 0 Å². The van der Waals surface area contributed by atoms with Gasteiger partial charge in [0.1, 0.15) is 0 Å². The van der Waals surface area contributed by atoms with Gasteiger partial charge in [0.2, 0.25) is 5.91 Å². The first-order chi connectivity index (χ1) is 10.4. The van der Waals surface area contributed by atoms with Gasteiger partial charge >= 0.3 is 5.97 Å². The monoisotopic (exact) mass is 307 g/mol. The van der Waals surface area contributed by atoms with E-state index >= 15 is 0 Å². The first-order valence-electron chi connectivity index (χ1n) is 8.81. The summed E-state index contributed by atoms with van der Waals surface area (Å²) in [4.78, 5) is 26.7. The standard InChI is InChI=1S/C18H29NO3/c1-12(2)19(5-4-16(20)22-3)17(21)18-9-13-6-14(10-18)8-15(7-13)11-18/h12-15H,4-11H2,1-3H3. The Balaban J connectivity index is 1.74. The van der Waals surface area contributed by atoms with Crippen LogP contribution in [0.5, 0.6) is 0 Å². The molecule has 4 saturated carbocycles. The fourth-order valence-corrected chi connectivity index (χ4v) is 5.59. The molecule has 0 aromatic carbocycles. The van der Waals surface area contributed by atoms with Crippen molar-refractivity contribution in [1.29, 1.82) is 0 Å². The second-order valence-electron chi connectivity index (χ2n) is 8.12. The van der Waals surface area contributed by atoms with Gasteiger partial charge in [-0.15, -0.1) is 0 Å². The Morgan fingerprint density at radius 2 is 1.59 bits per heavy atom. The second kappa shape index (κ2) is 5.86. The Morgan fingerprint density at radius 1 is 1.09 bits per heavy atom. The Morgan fingerprint density at radius 3 is 2.00 bits per heavy atom. The summed E-state index contributed by atoms with van der Waals surface area (Å²) in [5, 5.41) is 0. The third-order valence-electron chi connectivity index (χ3n) is 6.16. The molecule has 4 fully saturated rings. The molecular formula is C18H29NO3. The lowest BCUT2D eigenvalue weighted by atomic mass is 9.49. The maximum absolute atomic E-state index is 13.3. The predicted octanol–water partition coefficient (Wildman–Crippen LogP) is 3.00. The number of methoxy groups -OCH3 is 1. The minimum Gasteiger partial charge on any atom is -0.469 e. The van der Waals surface area contributed by atoms with E-state index in [0.29, 0.717) is 18.9 Å². The van der Waals surface area contributed by atoms with Gasteiger partial charge in [0.15, 0.2) is 0 Å². The average Bonchev–Trinajstić information content (AvgIpc) is 2.45. The molecule has 0 radical (unpaired) electrons. The largest absolute Gasteiger partial charge is 0.469 e. The number of rotatable bonds is 5. The maximum atomic E-state index is 13.3. The van der Waals surface area contributed by atoms with E-state index in [1.54, 1.807) is 0 Å². The van der Waals surface area contributed by atoms with Crippen molar-refractivity contribution >= 4 is 11.9 Å². The van der Waals surface area contributed by atoms with Gasteiger partial charge < -0.3 is 9.64 Å². The van der Waals surface area contributed by atoms with Gasteiger partial charge in [-0.3, -0.25) is 9.59 Å². The van der Waals surface area contributed by atoms with Gasteiger partial charge in [-0.2, -0.15) is 0 Å². The number of carbonyl (C=O) groups is 2. The molecule has 4 aliphatic carbocycles. The Hall–Kier alpha value is -1.06. The topological polar surface area (TPSA) is 46.6 Å². The Kier molecular flexibility index (Phi) is 4.21. The number of carbonyl (C=O) groups excluding carboxylic acids is 2. The average molecular weight is 307 g/mol. The number of nitrogens with zero attached hydrogens (tertiary/aromatic N) is 1. The molecule has 0 aliphatic heterocycles. The van der Waals surface area contributed by atoms with E-state index in [-0.39, 0.29) is 17.4 Å². The van der Waals surface area contributed by atoms with E-state index in [4.69, 9.17) is 4.74 Å². The number of ether oxygens (including phenoxy) is 1. The zero-order chi connectivity index (χ0) is 15.9. The molecule has 0 N–H and O–H groups in total. The van der Waals surface area contributed by atoms with Crippen LogP contribution in [0.3, 0.4) is 0 Å². The van der Waals surface area contributed by atoms with Crippen LogP contribution < -0.4 is 0 Å². The molecule has 0 aromatic rings. The molecule has 4 bridgehead atoms. The van der Waals surface area contributed by atoms with Crippen LogP contribution in [0.4, 0.5) is 0 Å². The molecule has 1 amide bonds. The number of esters is 1. The summed E-state index contributed by atoms with van der Waals surface area (Å²) in [6.45, 7) is 4.59. The molecule has 0 unspecified atom stereocenters. The highest BCUT2D eigenvalue weighted by Gasteiger charge is 2.55. The number of hydrogen-bond donors (Lipinski definition) is 0. The summed E-state index contributed by atoms with van der Waals surface area (Å²) in [7, 11) is 1.41. The maximum Gasteiger partial charge on any atom is 0.307 e. The smallest absolute Gasteiger partial charge is 0.307 e. The third kappa shape index (κ3) is 2.77. The summed E-state index contributed by atoms with van der Waals surface area (Å²) in [5.74, 6) is 2.38. The van der Waals surface area contributed by atoms with Crippen LogP contribution in [0, 0.1) is 23.2 Å². The lowest BCUT2D eigenvalue weighted by Crippen LogP contribution is -2.56. The normalized spacial score (nSPS) is 35.7. The van der Waals surface area contributed by atoms with Crippen molar-refractivity contribution < 1.29 is 14.3 Å². The zero-order valence-corrected chi connectivity index (χ0v) is 14.1. The lowest BCUT2D eigenvalue weighted by Gasteiger charge is -2.57. The quantitative estimate of drug-likeness (QED) is 0.734. The van der Waals surface area contributed by atoms with Crippen molar-refractivity contribution in [3.05, 3.63) is 0 Å². The van der Waals surface area contributed by atoms with Crippen molar-refractivity contribution in [2.75, 3.05) is 13.7 Å². The fourth-order valence-electron chi connectivity index (χ4n) is 5.59. The molecule has 4 heteroatoms. The first-order valence-corrected chi connectivity index (χ1v) is 8.81. The molecule has 0 atom stereocenters. The van der Waals surface area contributed by atoms with Crippen LogP contribution in [0.2, 0.25) is 0 Å². The van der Waals surface area contributed by atoms with Crippen LogP contribution in [0.15, 0.2) is 0 Å². The van der Waals surface area contributed by atoms with Crippen molar-refractivity contribution in [1.82, 2.24) is 4.90 Å². The van der Waals surface area contributed by atoms with E-state index in [2.05, 4.69) is 13.8 Å². The molecule has 0 aromatic heterocycles. The van der Waals surface area contributed by atoms with E-state index in [0.717, 1.165) is 37.0 Å². The van der Waals surface area contributed by atoms with Crippen LogP contribution in [-0.4, -0.2) is 36.5 Å². The van der Waals surface area contributed by atoms with Gasteiger partial charge in [0.25, 0.3) is 0 Å². The molecule has 4 aliphatic rings. The minimum atomic E-state index is -0.232. The third-order valence-corrected chi connectivity index (χ3v) is 6.16. The van der Waals surface area contributed by atoms with Crippen molar-refractivity contribution in [2.24, 2.45) is 23.2 Å². The lowest BCUT2D eigenvalue weighted by molar-refractivity contribution is -0.160. The highest BCUT2D eigenvalue weighted by atomic mass is 16.5. The zero-order valence-electron chi connectivity index (χ0n) is 14.1. The molecule has 4 nitrogen and oxygen atoms in total. The van der Waals surface area contributed by atoms with Crippen molar-refractivity contribution in [3.8, 4) is 0 Å². The summed E-state index contributed by atoms with van der Waals surface area (Å²) < 4.78 is 4.73. The van der Waals surface area contributed by atoms with Crippen LogP contribution >= 0.6 is 0 Å². The number of hydrogen-bond acceptors (Lipinski definition) is 3. The van der Waals surface area contributed by atoms with Crippen LogP contribution in [-0.2, 0) is 14.3 Å². The molecule has 0 heterocycles. The van der Waals surface area contributed by atoms with Crippen molar-refractivity contribution in [2.45, 2.75) is 64.8 Å². The summed E-state index contributed by atoms with van der Waals surface area (Å²) >= 11 is 0. The minimum absolute atomic E-state index is 0.116. The molecule has 4 rings (SSSR count). The number of amides is 1. The van der Waals surface area contributed by atoms with Gasteiger partial charge in [-0.1, -0.05) is 0 Å². The van der Waals surface area contributed by atoms with Crippen LogP contribution in [0.25, 0.3) is 0 Å². The summed E-state index contributed by atoms with van der Waals surface area (Å²) in [6.07, 6.45) is 7.58. The molecule has 22 heavy (non-hydrogen) atoms. The van der Waals surface area contributed by atoms with E-state index in [1.807, 2.05) is 4.90 Å². The fraction of sp³-hybridized carbons (Fsp3) is 0.889. The van der Waals surface area contributed by atoms with E-state index < -0.39 is 0 Å². The SMILES string of the molecule is COC(=O)CCN(C(=O)C12CC3CC(CC(C3)C1)C2)C(C)C. The molecular weight excluding hydrogens is 278 g/mol. The first kappa shape index (κ1) is 15.8. The van der Waals surface area contributed by atoms with Crippen LogP contribution in [0.1, 0.15) is 58.8 Å². The predicted molar refractivity (Wildman–Crippen MR) is 84.1 cm³/mol. The van der Waals surface area contributed by atoms with Gasteiger partial charge in [0, 0.05) is 12.6 Å². The van der Waals surface area contributed by atoms with Crippen molar-refractivity contribution in [3.63, 3.8) is 0 Å². The van der Waals surface area contributed by atoms with Gasteiger partial charge in [-0.05, 0) is 70.1 Å².